The van der Waals surface area contributed by atoms with Crippen LogP contribution in [0.2, 0.25) is 0 Å². The Hall–Kier alpha value is -3.13. The monoisotopic (exact) mass is 405 g/mol. The number of esters is 1. The third kappa shape index (κ3) is 5.45. The van der Waals surface area contributed by atoms with Crippen molar-refractivity contribution in [3.8, 4) is 0 Å². The summed E-state index contributed by atoms with van der Waals surface area (Å²) in [5.41, 5.74) is -0.213. The highest BCUT2D eigenvalue weighted by Gasteiger charge is 2.32. The second kappa shape index (κ2) is 8.91. The average Bonchev–Trinajstić information content (AvgIpc) is 3.23. The van der Waals surface area contributed by atoms with Gasteiger partial charge in [0.1, 0.15) is 12.4 Å². The molecule has 0 bridgehead atoms. The number of carbonyl (C=O) groups is 1. The average molecular weight is 405 g/mol. The number of hydrogen-bond donors (Lipinski definition) is 1. The first-order valence-electron chi connectivity index (χ1n) is 8.78. The molecule has 0 radical (unpaired) electrons. The first kappa shape index (κ1) is 20.6. The predicted octanol–water partition coefficient (Wildman–Crippen LogP) is 4.33. The van der Waals surface area contributed by atoms with Crippen LogP contribution in [0.25, 0.3) is 0 Å². The lowest BCUT2D eigenvalue weighted by Gasteiger charge is -2.21. The van der Waals surface area contributed by atoms with E-state index in [0.29, 0.717) is 11.3 Å². The first-order chi connectivity index (χ1) is 13.8. The summed E-state index contributed by atoms with van der Waals surface area (Å²) in [7, 11) is 0. The van der Waals surface area contributed by atoms with Gasteiger partial charge in [-0.05, 0) is 41.5 Å². The number of benzene rings is 1. The maximum Gasteiger partial charge on any atom is 0.416 e. The molecule has 2 aromatic heterocycles. The van der Waals surface area contributed by atoms with Gasteiger partial charge in [-0.15, -0.1) is 0 Å². The number of alkyl halides is 3. The highest BCUT2D eigenvalue weighted by molar-refractivity contribution is 5.73. The molecule has 0 aliphatic rings. The van der Waals surface area contributed by atoms with Crippen LogP contribution in [0.5, 0.6) is 0 Å². The van der Waals surface area contributed by atoms with Gasteiger partial charge in [0.05, 0.1) is 23.8 Å². The number of halogens is 3. The van der Waals surface area contributed by atoms with E-state index in [9.17, 15) is 23.1 Å². The first-order valence-corrected chi connectivity index (χ1v) is 8.78. The third-order valence-corrected chi connectivity index (χ3v) is 4.35. The number of aliphatic hydroxyl groups is 1. The minimum atomic E-state index is -4.49. The number of rotatable bonds is 7. The van der Waals surface area contributed by atoms with Crippen molar-refractivity contribution in [1.29, 1.82) is 0 Å². The molecule has 29 heavy (non-hydrogen) atoms. The molecule has 152 valence electrons. The van der Waals surface area contributed by atoms with E-state index < -0.39 is 29.7 Å². The smallest absolute Gasteiger partial charge is 0.416 e. The van der Waals surface area contributed by atoms with Crippen molar-refractivity contribution in [3.05, 3.63) is 89.6 Å². The van der Waals surface area contributed by atoms with E-state index in [1.165, 1.54) is 30.8 Å². The topological polar surface area (TPSA) is 72.6 Å². The fraction of sp³-hybridized carbons (Fsp3) is 0.238. The molecule has 3 aromatic rings. The van der Waals surface area contributed by atoms with Gasteiger partial charge in [-0.25, -0.2) is 0 Å². The summed E-state index contributed by atoms with van der Waals surface area (Å²) in [5.74, 6) is -1.31. The van der Waals surface area contributed by atoms with Gasteiger partial charge in [0, 0.05) is 18.8 Å². The van der Waals surface area contributed by atoms with Gasteiger partial charge in [0.25, 0.3) is 0 Å². The standard InChI is InChI=1S/C21H18F3NO4/c22-21(23,24)16-6-1-4-14(10-16)13-29-20(27)18(11-17-7-3-9-28-17)19(26)15-5-2-8-25-12-15/h1-10,12,18-19,26H,11,13H2. The van der Waals surface area contributed by atoms with Crippen LogP contribution in [0.3, 0.4) is 0 Å². The van der Waals surface area contributed by atoms with Crippen LogP contribution < -0.4 is 0 Å². The van der Waals surface area contributed by atoms with Crippen molar-refractivity contribution in [2.24, 2.45) is 5.92 Å². The van der Waals surface area contributed by atoms with Gasteiger partial charge in [-0.1, -0.05) is 18.2 Å². The number of aromatic nitrogens is 1. The molecule has 3 rings (SSSR count). The molecule has 0 aliphatic carbocycles. The van der Waals surface area contributed by atoms with E-state index >= 15 is 0 Å². The van der Waals surface area contributed by atoms with Gasteiger partial charge < -0.3 is 14.3 Å². The molecule has 0 saturated carbocycles. The van der Waals surface area contributed by atoms with Gasteiger partial charge in [0.15, 0.2) is 0 Å². The number of pyridine rings is 1. The molecule has 0 aliphatic heterocycles. The van der Waals surface area contributed by atoms with Crippen LogP contribution in [0.4, 0.5) is 13.2 Å². The number of ether oxygens (including phenoxy) is 1. The minimum Gasteiger partial charge on any atom is -0.469 e. The van der Waals surface area contributed by atoms with E-state index in [1.807, 2.05) is 0 Å². The van der Waals surface area contributed by atoms with Crippen LogP contribution >= 0.6 is 0 Å². The lowest BCUT2D eigenvalue weighted by atomic mass is 9.92. The second-order valence-corrected chi connectivity index (χ2v) is 6.43. The molecule has 2 atom stereocenters. The number of carbonyl (C=O) groups excluding carboxylic acids is 1. The summed E-state index contributed by atoms with van der Waals surface area (Å²) < 4.78 is 49.0. The fourth-order valence-electron chi connectivity index (χ4n) is 2.85. The van der Waals surface area contributed by atoms with E-state index in [0.717, 1.165) is 12.1 Å². The van der Waals surface area contributed by atoms with Crippen LogP contribution in [0, 0.1) is 5.92 Å². The molecular formula is C21H18F3NO4. The molecular weight excluding hydrogens is 387 g/mol. The highest BCUT2D eigenvalue weighted by Crippen LogP contribution is 2.30. The zero-order valence-corrected chi connectivity index (χ0v) is 15.2. The van der Waals surface area contributed by atoms with E-state index in [1.54, 1.807) is 24.3 Å². The van der Waals surface area contributed by atoms with Crippen LogP contribution in [-0.4, -0.2) is 16.1 Å². The molecule has 2 unspecified atom stereocenters. The quantitative estimate of drug-likeness (QED) is 0.593. The number of nitrogens with zero attached hydrogens (tertiary/aromatic N) is 1. The molecule has 0 amide bonds. The largest absolute Gasteiger partial charge is 0.469 e. The number of hydrogen-bond acceptors (Lipinski definition) is 5. The van der Waals surface area contributed by atoms with Crippen LogP contribution in [0.1, 0.15) is 28.6 Å². The van der Waals surface area contributed by atoms with Crippen molar-refractivity contribution in [3.63, 3.8) is 0 Å². The molecule has 2 heterocycles. The van der Waals surface area contributed by atoms with Crippen molar-refractivity contribution in [2.75, 3.05) is 0 Å². The molecule has 1 aromatic carbocycles. The van der Waals surface area contributed by atoms with Crippen molar-refractivity contribution < 1.29 is 32.2 Å². The Labute approximate surface area is 164 Å². The fourth-order valence-corrected chi connectivity index (χ4v) is 2.85. The molecule has 1 N–H and O–H groups in total. The van der Waals surface area contributed by atoms with Crippen molar-refractivity contribution in [1.82, 2.24) is 4.98 Å². The number of aliphatic hydroxyl groups excluding tert-OH is 1. The Kier molecular flexibility index (Phi) is 6.33. The van der Waals surface area contributed by atoms with E-state index in [4.69, 9.17) is 9.15 Å². The summed E-state index contributed by atoms with van der Waals surface area (Å²) in [6.45, 7) is -0.350. The number of furan rings is 1. The Bertz CT molecular complexity index is 927. The molecule has 0 fully saturated rings. The van der Waals surface area contributed by atoms with Crippen molar-refractivity contribution >= 4 is 5.97 Å². The maximum absolute atomic E-state index is 12.8. The van der Waals surface area contributed by atoms with E-state index in [-0.39, 0.29) is 18.6 Å². The third-order valence-electron chi connectivity index (χ3n) is 4.35. The summed E-state index contributed by atoms with van der Waals surface area (Å²) in [5, 5.41) is 10.7. The zero-order valence-electron chi connectivity index (χ0n) is 15.2. The van der Waals surface area contributed by atoms with Crippen LogP contribution in [0.15, 0.2) is 71.6 Å². The SMILES string of the molecule is O=C(OCc1cccc(C(F)(F)F)c1)C(Cc1ccco1)C(O)c1cccnc1. The highest BCUT2D eigenvalue weighted by atomic mass is 19.4. The van der Waals surface area contributed by atoms with Gasteiger partial charge >= 0.3 is 12.1 Å². The normalized spacial score (nSPS) is 13.7. The second-order valence-electron chi connectivity index (χ2n) is 6.43. The summed E-state index contributed by atoms with van der Waals surface area (Å²) >= 11 is 0. The predicted molar refractivity (Wildman–Crippen MR) is 96.3 cm³/mol. The van der Waals surface area contributed by atoms with Crippen LogP contribution in [-0.2, 0) is 28.7 Å². The summed E-state index contributed by atoms with van der Waals surface area (Å²) in [6.07, 6.45) is -1.24. The zero-order chi connectivity index (χ0) is 20.9. The lowest BCUT2D eigenvalue weighted by molar-refractivity contribution is -0.154. The Balaban J connectivity index is 1.74. The van der Waals surface area contributed by atoms with Gasteiger partial charge in [0.2, 0.25) is 0 Å². The van der Waals surface area contributed by atoms with E-state index in [2.05, 4.69) is 4.98 Å². The molecule has 5 nitrogen and oxygen atoms in total. The lowest BCUT2D eigenvalue weighted by Crippen LogP contribution is -2.26. The Morgan fingerprint density at radius 1 is 1.17 bits per heavy atom. The summed E-state index contributed by atoms with van der Waals surface area (Å²) in [4.78, 5) is 16.6. The Morgan fingerprint density at radius 3 is 2.66 bits per heavy atom. The molecule has 8 heteroatoms. The Morgan fingerprint density at radius 2 is 2.00 bits per heavy atom. The van der Waals surface area contributed by atoms with Gasteiger partial charge in [-0.2, -0.15) is 13.2 Å². The maximum atomic E-state index is 12.8. The minimum absolute atomic E-state index is 0.0600. The molecule has 0 spiro atoms. The van der Waals surface area contributed by atoms with Crippen molar-refractivity contribution in [2.45, 2.75) is 25.3 Å². The van der Waals surface area contributed by atoms with Gasteiger partial charge in [-0.3, -0.25) is 9.78 Å². The molecule has 0 saturated heterocycles. The summed E-state index contributed by atoms with van der Waals surface area (Å²) in [6, 6.07) is 11.1.